The Bertz CT molecular complexity index is 745. The number of amides is 1. The molecule has 0 aliphatic carbocycles. The third kappa shape index (κ3) is 5.09. The van der Waals surface area contributed by atoms with E-state index in [9.17, 15) is 4.79 Å². The molecule has 3 rings (SSSR count). The van der Waals surface area contributed by atoms with Crippen molar-refractivity contribution in [1.82, 2.24) is 15.1 Å². The van der Waals surface area contributed by atoms with E-state index in [1.165, 1.54) is 23.1 Å². The molecule has 2 aromatic rings. The summed E-state index contributed by atoms with van der Waals surface area (Å²) in [4.78, 5) is 14.3. The standard InChI is InChI=1S/C17H22N4O3S2/c1-11-8-21(9-12(2)24-11)15(22)10-25-17-20-19-16(26-17)18-13-5-4-6-14(7-13)23-3/h4-7,11-12H,8-10H2,1-3H3,(H,18,19)/t11-,12-/m1/s1. The zero-order valence-electron chi connectivity index (χ0n) is 15.0. The van der Waals surface area contributed by atoms with Crippen molar-refractivity contribution in [3.63, 3.8) is 0 Å². The molecule has 1 aromatic heterocycles. The molecule has 0 bridgehead atoms. The summed E-state index contributed by atoms with van der Waals surface area (Å²) in [5.41, 5.74) is 0.879. The van der Waals surface area contributed by atoms with Crippen molar-refractivity contribution in [3.8, 4) is 5.75 Å². The Morgan fingerprint density at radius 3 is 2.88 bits per heavy atom. The second kappa shape index (κ2) is 8.70. The molecule has 9 heteroatoms. The van der Waals surface area contributed by atoms with E-state index in [0.717, 1.165) is 15.8 Å². The lowest BCUT2D eigenvalue weighted by Crippen LogP contribution is -2.48. The molecular formula is C17H22N4O3S2. The predicted octanol–water partition coefficient (Wildman–Crippen LogP) is 3.02. The summed E-state index contributed by atoms with van der Waals surface area (Å²) in [5.74, 6) is 1.23. The van der Waals surface area contributed by atoms with Gasteiger partial charge in [-0.3, -0.25) is 4.79 Å². The average molecular weight is 395 g/mol. The number of rotatable bonds is 6. The summed E-state index contributed by atoms with van der Waals surface area (Å²) in [5, 5.41) is 12.2. The van der Waals surface area contributed by atoms with Crippen molar-refractivity contribution in [2.45, 2.75) is 30.4 Å². The molecule has 1 fully saturated rings. The van der Waals surface area contributed by atoms with Gasteiger partial charge < -0.3 is 19.7 Å². The molecular weight excluding hydrogens is 372 g/mol. The monoisotopic (exact) mass is 394 g/mol. The Kier molecular flexibility index (Phi) is 6.33. The van der Waals surface area contributed by atoms with Gasteiger partial charge >= 0.3 is 0 Å². The number of aromatic nitrogens is 2. The van der Waals surface area contributed by atoms with Gasteiger partial charge in [0.15, 0.2) is 4.34 Å². The topological polar surface area (TPSA) is 76.6 Å². The molecule has 0 saturated carbocycles. The average Bonchev–Trinajstić information content (AvgIpc) is 3.06. The quantitative estimate of drug-likeness (QED) is 0.755. The van der Waals surface area contributed by atoms with Gasteiger partial charge in [-0.1, -0.05) is 29.2 Å². The molecule has 7 nitrogen and oxygen atoms in total. The second-order valence-electron chi connectivity index (χ2n) is 6.07. The van der Waals surface area contributed by atoms with Crippen LogP contribution in [0.5, 0.6) is 5.75 Å². The number of carbonyl (C=O) groups excluding carboxylic acids is 1. The highest BCUT2D eigenvalue weighted by Gasteiger charge is 2.25. The van der Waals surface area contributed by atoms with Crippen LogP contribution in [0.15, 0.2) is 28.6 Å². The van der Waals surface area contributed by atoms with Crippen molar-refractivity contribution < 1.29 is 14.3 Å². The number of nitrogens with zero attached hydrogens (tertiary/aromatic N) is 3. The third-order valence-electron chi connectivity index (χ3n) is 3.82. The molecule has 1 aromatic carbocycles. The number of carbonyl (C=O) groups is 1. The highest BCUT2D eigenvalue weighted by atomic mass is 32.2. The molecule has 140 valence electrons. The lowest BCUT2D eigenvalue weighted by molar-refractivity contribution is -0.140. The Morgan fingerprint density at radius 2 is 2.15 bits per heavy atom. The number of hydrogen-bond donors (Lipinski definition) is 1. The van der Waals surface area contributed by atoms with Gasteiger partial charge in [0.05, 0.1) is 25.1 Å². The van der Waals surface area contributed by atoms with Crippen LogP contribution in [0.1, 0.15) is 13.8 Å². The fourth-order valence-electron chi connectivity index (χ4n) is 2.74. The minimum atomic E-state index is 0.0768. The molecule has 1 N–H and O–H groups in total. The van der Waals surface area contributed by atoms with Crippen LogP contribution >= 0.6 is 23.1 Å². The Morgan fingerprint density at radius 1 is 1.38 bits per heavy atom. The van der Waals surface area contributed by atoms with Crippen molar-refractivity contribution in [2.75, 3.05) is 31.3 Å². The first kappa shape index (κ1) is 18.9. The van der Waals surface area contributed by atoms with Crippen molar-refractivity contribution in [1.29, 1.82) is 0 Å². The van der Waals surface area contributed by atoms with Gasteiger partial charge in [0.25, 0.3) is 0 Å². The van der Waals surface area contributed by atoms with Gasteiger partial charge in [0.2, 0.25) is 11.0 Å². The molecule has 1 aliphatic heterocycles. The van der Waals surface area contributed by atoms with Crippen molar-refractivity contribution >= 4 is 39.8 Å². The molecule has 0 unspecified atom stereocenters. The van der Waals surface area contributed by atoms with Crippen LogP contribution in [0, 0.1) is 0 Å². The van der Waals surface area contributed by atoms with E-state index < -0.39 is 0 Å². The number of methoxy groups -OCH3 is 1. The molecule has 1 aliphatic rings. The summed E-state index contributed by atoms with van der Waals surface area (Å²) in [7, 11) is 1.63. The lowest BCUT2D eigenvalue weighted by Gasteiger charge is -2.35. The van der Waals surface area contributed by atoms with E-state index in [0.29, 0.717) is 24.0 Å². The number of anilines is 2. The molecule has 0 radical (unpaired) electrons. The predicted molar refractivity (Wildman–Crippen MR) is 103 cm³/mol. The van der Waals surface area contributed by atoms with Crippen LogP contribution in [-0.4, -0.2) is 59.2 Å². The minimum absolute atomic E-state index is 0.0768. The Balaban J connectivity index is 1.52. The number of thioether (sulfide) groups is 1. The summed E-state index contributed by atoms with van der Waals surface area (Å²) in [6.07, 6.45) is 0.154. The van der Waals surface area contributed by atoms with E-state index in [1.54, 1.807) is 7.11 Å². The van der Waals surface area contributed by atoms with E-state index in [2.05, 4.69) is 15.5 Å². The maximum Gasteiger partial charge on any atom is 0.233 e. The van der Waals surface area contributed by atoms with Crippen LogP contribution < -0.4 is 10.1 Å². The van der Waals surface area contributed by atoms with Gasteiger partial charge in [-0.05, 0) is 26.0 Å². The van der Waals surface area contributed by atoms with Crippen LogP contribution in [0.25, 0.3) is 0 Å². The van der Waals surface area contributed by atoms with Crippen molar-refractivity contribution in [2.24, 2.45) is 0 Å². The number of ether oxygens (including phenoxy) is 2. The third-order valence-corrected chi connectivity index (χ3v) is 5.78. The highest BCUT2D eigenvalue weighted by Crippen LogP contribution is 2.29. The van der Waals surface area contributed by atoms with Crippen LogP contribution in [-0.2, 0) is 9.53 Å². The maximum atomic E-state index is 12.4. The first-order valence-electron chi connectivity index (χ1n) is 8.34. The molecule has 2 atom stereocenters. The van der Waals surface area contributed by atoms with E-state index in [1.807, 2.05) is 43.0 Å². The van der Waals surface area contributed by atoms with Gasteiger partial charge in [0.1, 0.15) is 5.75 Å². The first-order valence-corrected chi connectivity index (χ1v) is 10.1. The summed E-state index contributed by atoms with van der Waals surface area (Å²) in [6.45, 7) is 5.26. The molecule has 1 saturated heterocycles. The van der Waals surface area contributed by atoms with Gasteiger partial charge in [-0.25, -0.2) is 0 Å². The fraction of sp³-hybridized carbons (Fsp3) is 0.471. The van der Waals surface area contributed by atoms with Gasteiger partial charge in [0, 0.05) is 24.8 Å². The van der Waals surface area contributed by atoms with E-state index in [-0.39, 0.29) is 18.1 Å². The van der Waals surface area contributed by atoms with Crippen LogP contribution in [0.4, 0.5) is 10.8 Å². The highest BCUT2D eigenvalue weighted by molar-refractivity contribution is 8.01. The molecule has 26 heavy (non-hydrogen) atoms. The van der Waals surface area contributed by atoms with Crippen molar-refractivity contribution in [3.05, 3.63) is 24.3 Å². The second-order valence-corrected chi connectivity index (χ2v) is 8.27. The SMILES string of the molecule is COc1cccc(Nc2nnc(SCC(=O)N3C[C@@H](C)O[C@H](C)C3)s2)c1. The number of benzene rings is 1. The summed E-state index contributed by atoms with van der Waals surface area (Å²) < 4.78 is 11.6. The summed E-state index contributed by atoms with van der Waals surface area (Å²) in [6, 6.07) is 7.60. The number of morpholine rings is 1. The Hall–Kier alpha value is -1.84. The maximum absolute atomic E-state index is 12.4. The summed E-state index contributed by atoms with van der Waals surface area (Å²) >= 11 is 2.84. The van der Waals surface area contributed by atoms with Crippen LogP contribution in [0.3, 0.4) is 0 Å². The smallest absolute Gasteiger partial charge is 0.233 e. The largest absolute Gasteiger partial charge is 0.497 e. The van der Waals surface area contributed by atoms with Crippen LogP contribution in [0.2, 0.25) is 0 Å². The lowest BCUT2D eigenvalue weighted by atomic mass is 10.2. The first-order chi connectivity index (χ1) is 12.5. The van der Waals surface area contributed by atoms with Gasteiger partial charge in [-0.2, -0.15) is 0 Å². The minimum Gasteiger partial charge on any atom is -0.497 e. The zero-order valence-corrected chi connectivity index (χ0v) is 16.6. The molecule has 0 spiro atoms. The van der Waals surface area contributed by atoms with Gasteiger partial charge in [-0.15, -0.1) is 10.2 Å². The normalized spacial score (nSPS) is 20.0. The zero-order chi connectivity index (χ0) is 18.5. The fourth-order valence-corrected chi connectivity index (χ4v) is 4.41. The number of hydrogen-bond acceptors (Lipinski definition) is 8. The van der Waals surface area contributed by atoms with E-state index >= 15 is 0 Å². The Labute approximate surface area is 161 Å². The number of nitrogens with one attached hydrogen (secondary N) is 1. The molecule has 1 amide bonds. The molecule has 2 heterocycles. The van der Waals surface area contributed by atoms with E-state index in [4.69, 9.17) is 9.47 Å².